The lowest BCUT2D eigenvalue weighted by atomic mass is 9.93. The van der Waals surface area contributed by atoms with E-state index in [1.807, 2.05) is 12.2 Å². The average Bonchev–Trinajstić information content (AvgIpc) is 2.48. The zero-order valence-corrected chi connectivity index (χ0v) is 11.7. The van der Waals surface area contributed by atoms with Crippen LogP contribution < -0.4 is 0 Å². The number of benzene rings is 1. The number of carboxylic acids is 1. The monoisotopic (exact) mass is 291 g/mol. The van der Waals surface area contributed by atoms with Gasteiger partial charge in [0.1, 0.15) is 12.4 Å². The predicted octanol–water partition coefficient (Wildman–Crippen LogP) is 2.60. The second kappa shape index (κ2) is 7.02. The lowest BCUT2D eigenvalue weighted by Gasteiger charge is -2.26. The first kappa shape index (κ1) is 15.2. The minimum atomic E-state index is -1.04. The number of carbonyl (C=O) groups is 2. The van der Waals surface area contributed by atoms with Crippen LogP contribution in [-0.4, -0.2) is 28.4 Å². The lowest BCUT2D eigenvalue weighted by molar-refractivity contribution is -0.147. The highest BCUT2D eigenvalue weighted by Gasteiger charge is 2.25. The van der Waals surface area contributed by atoms with E-state index in [-0.39, 0.29) is 30.7 Å². The molecule has 112 valence electrons. The van der Waals surface area contributed by atoms with Crippen molar-refractivity contribution in [3.63, 3.8) is 0 Å². The van der Waals surface area contributed by atoms with Gasteiger partial charge in [-0.2, -0.15) is 0 Å². The van der Waals surface area contributed by atoms with Crippen molar-refractivity contribution >= 4 is 11.9 Å². The highest BCUT2D eigenvalue weighted by Crippen LogP contribution is 2.21. The van der Waals surface area contributed by atoms with E-state index in [0.717, 1.165) is 18.4 Å². The second-order valence-electron chi connectivity index (χ2n) is 5.20. The minimum Gasteiger partial charge on any atom is -0.480 e. The van der Waals surface area contributed by atoms with Gasteiger partial charge < -0.3 is 10.0 Å². The predicted molar refractivity (Wildman–Crippen MR) is 75.9 cm³/mol. The molecule has 1 atom stereocenters. The zero-order valence-electron chi connectivity index (χ0n) is 11.7. The summed E-state index contributed by atoms with van der Waals surface area (Å²) in [6, 6.07) is 5.75. The lowest BCUT2D eigenvalue weighted by Crippen LogP contribution is -2.39. The first-order chi connectivity index (χ1) is 10.1. The van der Waals surface area contributed by atoms with Gasteiger partial charge in [0.2, 0.25) is 5.91 Å². The molecular formula is C16H18FNO3. The molecule has 0 fully saturated rings. The van der Waals surface area contributed by atoms with Gasteiger partial charge in [-0.3, -0.25) is 9.59 Å². The van der Waals surface area contributed by atoms with Gasteiger partial charge in [0.15, 0.2) is 0 Å². The summed E-state index contributed by atoms with van der Waals surface area (Å²) < 4.78 is 12.9. The maximum Gasteiger partial charge on any atom is 0.323 e. The fraction of sp³-hybridized carbons (Fsp3) is 0.375. The van der Waals surface area contributed by atoms with E-state index in [4.69, 9.17) is 5.11 Å². The molecule has 1 unspecified atom stereocenters. The summed E-state index contributed by atoms with van der Waals surface area (Å²) in [7, 11) is 0. The van der Waals surface area contributed by atoms with E-state index in [0.29, 0.717) is 6.42 Å². The van der Waals surface area contributed by atoms with E-state index in [1.165, 1.54) is 17.0 Å². The Kier molecular flexibility index (Phi) is 5.09. The van der Waals surface area contributed by atoms with Crippen LogP contribution in [0.25, 0.3) is 0 Å². The van der Waals surface area contributed by atoms with E-state index >= 15 is 0 Å². The maximum absolute atomic E-state index is 12.9. The normalized spacial score (nSPS) is 17.5. The van der Waals surface area contributed by atoms with Crippen molar-refractivity contribution in [2.75, 3.05) is 6.54 Å². The van der Waals surface area contributed by atoms with Gasteiger partial charge in [-0.1, -0.05) is 24.3 Å². The van der Waals surface area contributed by atoms with Crippen molar-refractivity contribution in [2.45, 2.75) is 25.8 Å². The zero-order chi connectivity index (χ0) is 15.2. The molecule has 0 saturated heterocycles. The molecule has 0 bridgehead atoms. The highest BCUT2D eigenvalue weighted by atomic mass is 19.1. The average molecular weight is 291 g/mol. The van der Waals surface area contributed by atoms with Gasteiger partial charge in [0, 0.05) is 12.5 Å². The van der Waals surface area contributed by atoms with Crippen molar-refractivity contribution in [2.24, 2.45) is 5.92 Å². The van der Waals surface area contributed by atoms with Crippen LogP contribution in [0.1, 0.15) is 24.8 Å². The molecule has 0 aromatic heterocycles. The van der Waals surface area contributed by atoms with E-state index in [2.05, 4.69) is 0 Å². The quantitative estimate of drug-likeness (QED) is 0.848. The first-order valence-electron chi connectivity index (χ1n) is 6.96. The van der Waals surface area contributed by atoms with Gasteiger partial charge >= 0.3 is 5.97 Å². The number of carboxylic acid groups (broad SMARTS) is 1. The van der Waals surface area contributed by atoms with E-state index in [1.54, 1.807) is 12.1 Å². The molecule has 1 amide bonds. The van der Waals surface area contributed by atoms with Crippen LogP contribution in [0.15, 0.2) is 36.4 Å². The molecule has 0 heterocycles. The topological polar surface area (TPSA) is 57.6 Å². The summed E-state index contributed by atoms with van der Waals surface area (Å²) in [5, 5.41) is 8.99. The Hall–Kier alpha value is -2.17. The second-order valence-corrected chi connectivity index (χ2v) is 5.20. The number of hydrogen-bond donors (Lipinski definition) is 1. The van der Waals surface area contributed by atoms with Crippen molar-refractivity contribution in [1.82, 2.24) is 4.90 Å². The highest BCUT2D eigenvalue weighted by molar-refractivity contribution is 5.83. The summed E-state index contributed by atoms with van der Waals surface area (Å²) in [4.78, 5) is 24.8. The van der Waals surface area contributed by atoms with Gasteiger partial charge in [0.05, 0.1) is 0 Å². The number of amides is 1. The number of allylic oxidation sites excluding steroid dienone is 2. The molecule has 5 heteroatoms. The Morgan fingerprint density at radius 3 is 2.52 bits per heavy atom. The van der Waals surface area contributed by atoms with Crippen LogP contribution in [0, 0.1) is 11.7 Å². The third-order valence-electron chi connectivity index (χ3n) is 3.54. The van der Waals surface area contributed by atoms with Crippen LogP contribution in [0.2, 0.25) is 0 Å². The smallest absolute Gasteiger partial charge is 0.323 e. The Morgan fingerprint density at radius 1 is 1.24 bits per heavy atom. The van der Waals surface area contributed by atoms with Gasteiger partial charge in [-0.05, 0) is 37.0 Å². The summed E-state index contributed by atoms with van der Waals surface area (Å²) in [6.45, 7) is -0.151. The molecule has 0 aliphatic heterocycles. The maximum atomic E-state index is 12.9. The molecule has 0 saturated carbocycles. The third kappa shape index (κ3) is 4.41. The summed E-state index contributed by atoms with van der Waals surface area (Å²) in [5.74, 6) is -1.70. The number of rotatable bonds is 5. The Morgan fingerprint density at radius 2 is 1.95 bits per heavy atom. The molecule has 0 spiro atoms. The first-order valence-corrected chi connectivity index (χ1v) is 6.96. The van der Waals surface area contributed by atoms with Gasteiger partial charge in [0.25, 0.3) is 0 Å². The Bertz CT molecular complexity index is 539. The molecule has 1 aromatic rings. The third-order valence-corrected chi connectivity index (χ3v) is 3.54. The van der Waals surface area contributed by atoms with E-state index in [9.17, 15) is 14.0 Å². The van der Waals surface area contributed by atoms with Crippen molar-refractivity contribution in [3.05, 3.63) is 47.8 Å². The molecule has 21 heavy (non-hydrogen) atoms. The summed E-state index contributed by atoms with van der Waals surface area (Å²) in [6.07, 6.45) is 6.23. The van der Waals surface area contributed by atoms with Crippen molar-refractivity contribution in [3.8, 4) is 0 Å². The van der Waals surface area contributed by atoms with E-state index < -0.39 is 5.97 Å². The van der Waals surface area contributed by atoms with Crippen LogP contribution in [0.3, 0.4) is 0 Å². The van der Waals surface area contributed by atoms with Gasteiger partial charge in [-0.25, -0.2) is 4.39 Å². The molecule has 0 radical (unpaired) electrons. The number of aliphatic carboxylic acids is 1. The molecule has 1 aromatic carbocycles. The minimum absolute atomic E-state index is 0.147. The summed E-state index contributed by atoms with van der Waals surface area (Å²) >= 11 is 0. The van der Waals surface area contributed by atoms with Crippen LogP contribution in [0.5, 0.6) is 0 Å². The molecule has 1 aliphatic rings. The van der Waals surface area contributed by atoms with Crippen molar-refractivity contribution < 1.29 is 19.1 Å². The molecule has 1 N–H and O–H groups in total. The standard InChI is InChI=1S/C16H18FNO3/c17-14-8-6-12(7-9-14)10-18(11-15(19)20)16(21)13-4-2-1-3-5-13/h1-2,6-9,13H,3-5,10-11H2,(H,19,20). The largest absolute Gasteiger partial charge is 0.480 e. The molecule has 2 rings (SSSR count). The van der Waals surface area contributed by atoms with Gasteiger partial charge in [-0.15, -0.1) is 0 Å². The Labute approximate surface area is 122 Å². The molecule has 4 nitrogen and oxygen atoms in total. The summed E-state index contributed by atoms with van der Waals surface area (Å²) in [5.41, 5.74) is 0.720. The van der Waals surface area contributed by atoms with Crippen LogP contribution >= 0.6 is 0 Å². The fourth-order valence-electron chi connectivity index (χ4n) is 2.46. The van der Waals surface area contributed by atoms with Crippen LogP contribution in [-0.2, 0) is 16.1 Å². The van der Waals surface area contributed by atoms with Crippen molar-refractivity contribution in [1.29, 1.82) is 0 Å². The number of nitrogens with zero attached hydrogens (tertiary/aromatic N) is 1. The SMILES string of the molecule is O=C(O)CN(Cc1ccc(F)cc1)C(=O)C1CC=CCC1. The number of carbonyl (C=O) groups excluding carboxylic acids is 1. The number of halogens is 1. The fourth-order valence-corrected chi connectivity index (χ4v) is 2.46. The molecular weight excluding hydrogens is 273 g/mol. The Balaban J connectivity index is 2.09. The number of hydrogen-bond acceptors (Lipinski definition) is 2. The van der Waals surface area contributed by atoms with Crippen LogP contribution in [0.4, 0.5) is 4.39 Å². The molecule has 1 aliphatic carbocycles.